The number of nitrogens with zero attached hydrogens (tertiary/aromatic N) is 3. The highest BCUT2D eigenvalue weighted by Crippen LogP contribution is 2.30. The SMILES string of the molecule is CCc1ncnc(N2CC(C(C)C(=O)O)C2)c1F. The van der Waals surface area contributed by atoms with Crippen LogP contribution in [0, 0.1) is 17.7 Å². The largest absolute Gasteiger partial charge is 0.481 e. The molecule has 0 aliphatic carbocycles. The second-order valence-corrected chi connectivity index (χ2v) is 4.60. The molecule has 0 spiro atoms. The Balaban J connectivity index is 2.06. The molecule has 0 radical (unpaired) electrons. The van der Waals surface area contributed by atoms with Crippen LogP contribution in [-0.2, 0) is 11.2 Å². The number of anilines is 1. The number of carboxylic acid groups (broad SMARTS) is 1. The third-order valence-corrected chi connectivity index (χ3v) is 3.48. The molecule has 1 aliphatic rings. The van der Waals surface area contributed by atoms with Crippen molar-refractivity contribution >= 4 is 11.8 Å². The van der Waals surface area contributed by atoms with E-state index in [4.69, 9.17) is 5.11 Å². The zero-order chi connectivity index (χ0) is 13.3. The molecule has 0 bridgehead atoms. The lowest BCUT2D eigenvalue weighted by Gasteiger charge is -2.42. The van der Waals surface area contributed by atoms with Gasteiger partial charge in [-0.3, -0.25) is 4.79 Å². The number of hydrogen-bond donors (Lipinski definition) is 1. The Bertz CT molecular complexity index is 461. The minimum absolute atomic E-state index is 0.0574. The Morgan fingerprint density at radius 2 is 2.28 bits per heavy atom. The number of aryl methyl sites for hydroxylation is 1. The maximum Gasteiger partial charge on any atom is 0.306 e. The third-order valence-electron chi connectivity index (χ3n) is 3.48. The van der Waals surface area contributed by atoms with Gasteiger partial charge in [0.15, 0.2) is 11.6 Å². The number of aromatic nitrogens is 2. The predicted molar refractivity (Wildman–Crippen MR) is 63.9 cm³/mol. The van der Waals surface area contributed by atoms with E-state index in [2.05, 4.69) is 9.97 Å². The van der Waals surface area contributed by atoms with E-state index in [0.29, 0.717) is 25.2 Å². The summed E-state index contributed by atoms with van der Waals surface area (Å²) in [7, 11) is 0. The van der Waals surface area contributed by atoms with Gasteiger partial charge >= 0.3 is 5.97 Å². The number of rotatable bonds is 4. The summed E-state index contributed by atoms with van der Waals surface area (Å²) in [4.78, 5) is 20.4. The summed E-state index contributed by atoms with van der Waals surface area (Å²) in [6.45, 7) is 4.58. The van der Waals surface area contributed by atoms with Crippen LogP contribution in [0.3, 0.4) is 0 Å². The minimum Gasteiger partial charge on any atom is -0.481 e. The summed E-state index contributed by atoms with van der Waals surface area (Å²) in [6.07, 6.45) is 1.87. The van der Waals surface area contributed by atoms with Crippen molar-refractivity contribution in [3.05, 3.63) is 17.8 Å². The van der Waals surface area contributed by atoms with E-state index in [-0.39, 0.29) is 17.6 Å². The van der Waals surface area contributed by atoms with Gasteiger partial charge in [0.25, 0.3) is 0 Å². The first-order valence-corrected chi connectivity index (χ1v) is 6.01. The predicted octanol–water partition coefficient (Wildman–Crippen LogP) is 1.33. The van der Waals surface area contributed by atoms with Crippen molar-refractivity contribution in [2.45, 2.75) is 20.3 Å². The zero-order valence-electron chi connectivity index (χ0n) is 10.4. The molecule has 2 rings (SSSR count). The first-order valence-electron chi connectivity index (χ1n) is 6.01. The van der Waals surface area contributed by atoms with Crippen LogP contribution in [0.1, 0.15) is 19.5 Å². The molecule has 18 heavy (non-hydrogen) atoms. The molecular weight excluding hydrogens is 237 g/mol. The fraction of sp³-hybridized carbons (Fsp3) is 0.583. The normalized spacial score (nSPS) is 17.4. The lowest BCUT2D eigenvalue weighted by molar-refractivity contribution is -0.143. The van der Waals surface area contributed by atoms with Crippen LogP contribution in [0.4, 0.5) is 10.2 Å². The van der Waals surface area contributed by atoms with E-state index in [9.17, 15) is 9.18 Å². The third kappa shape index (κ3) is 2.14. The molecule has 1 saturated heterocycles. The zero-order valence-corrected chi connectivity index (χ0v) is 10.4. The van der Waals surface area contributed by atoms with Crippen LogP contribution >= 0.6 is 0 Å². The van der Waals surface area contributed by atoms with Crippen molar-refractivity contribution in [1.82, 2.24) is 9.97 Å². The Hall–Kier alpha value is -1.72. The van der Waals surface area contributed by atoms with Crippen LogP contribution in [0.25, 0.3) is 0 Å². The van der Waals surface area contributed by atoms with E-state index in [1.54, 1.807) is 11.8 Å². The average Bonchev–Trinajstić information content (AvgIpc) is 2.29. The van der Waals surface area contributed by atoms with E-state index < -0.39 is 11.9 Å². The van der Waals surface area contributed by atoms with Crippen LogP contribution in [-0.4, -0.2) is 34.1 Å². The summed E-state index contributed by atoms with van der Waals surface area (Å²) < 4.78 is 13.9. The van der Waals surface area contributed by atoms with E-state index in [1.807, 2.05) is 6.92 Å². The molecule has 0 aromatic carbocycles. The number of halogens is 1. The van der Waals surface area contributed by atoms with Gasteiger partial charge in [-0.25, -0.2) is 14.4 Å². The summed E-state index contributed by atoms with van der Waals surface area (Å²) in [6, 6.07) is 0. The molecule has 0 amide bonds. The molecule has 5 nitrogen and oxygen atoms in total. The molecule has 1 N–H and O–H groups in total. The molecule has 98 valence electrons. The van der Waals surface area contributed by atoms with Gasteiger partial charge in [0, 0.05) is 19.0 Å². The maximum atomic E-state index is 13.9. The molecule has 0 saturated carbocycles. The topological polar surface area (TPSA) is 66.3 Å². The van der Waals surface area contributed by atoms with Gasteiger partial charge in [0.2, 0.25) is 0 Å². The highest BCUT2D eigenvalue weighted by molar-refractivity contribution is 5.70. The second-order valence-electron chi connectivity index (χ2n) is 4.60. The number of aliphatic carboxylic acids is 1. The molecule has 1 unspecified atom stereocenters. The average molecular weight is 253 g/mol. The van der Waals surface area contributed by atoms with Crippen molar-refractivity contribution in [2.75, 3.05) is 18.0 Å². The molecule has 1 atom stereocenters. The fourth-order valence-corrected chi connectivity index (χ4v) is 2.07. The van der Waals surface area contributed by atoms with Crippen molar-refractivity contribution in [2.24, 2.45) is 11.8 Å². The van der Waals surface area contributed by atoms with Gasteiger partial charge in [-0.15, -0.1) is 0 Å². The summed E-state index contributed by atoms with van der Waals surface area (Å²) in [5.41, 5.74) is 0.398. The summed E-state index contributed by atoms with van der Waals surface area (Å²) >= 11 is 0. The summed E-state index contributed by atoms with van der Waals surface area (Å²) in [5, 5.41) is 8.89. The first-order chi connectivity index (χ1) is 8.54. The first kappa shape index (κ1) is 12.7. The van der Waals surface area contributed by atoms with Gasteiger partial charge < -0.3 is 10.0 Å². The number of carbonyl (C=O) groups is 1. The minimum atomic E-state index is -0.808. The Morgan fingerprint density at radius 3 is 2.83 bits per heavy atom. The highest BCUT2D eigenvalue weighted by atomic mass is 19.1. The van der Waals surface area contributed by atoms with Gasteiger partial charge in [-0.1, -0.05) is 13.8 Å². The lowest BCUT2D eigenvalue weighted by atomic mass is 9.87. The van der Waals surface area contributed by atoms with Crippen molar-refractivity contribution in [1.29, 1.82) is 0 Å². The maximum absolute atomic E-state index is 13.9. The molecule has 6 heteroatoms. The standard InChI is InChI=1S/C12H16FN3O2/c1-3-9-10(13)11(15-6-14-9)16-4-8(5-16)7(2)12(17)18/h6-8H,3-5H2,1-2H3,(H,17,18). The van der Waals surface area contributed by atoms with Crippen molar-refractivity contribution in [3.63, 3.8) is 0 Å². The lowest BCUT2D eigenvalue weighted by Crippen LogP contribution is -2.51. The smallest absolute Gasteiger partial charge is 0.306 e. The monoisotopic (exact) mass is 253 g/mol. The van der Waals surface area contributed by atoms with Crippen LogP contribution in [0.5, 0.6) is 0 Å². The molecule has 2 heterocycles. The molecule has 1 fully saturated rings. The molecule has 1 aromatic rings. The quantitative estimate of drug-likeness (QED) is 0.877. The molecular formula is C12H16FN3O2. The van der Waals surface area contributed by atoms with Gasteiger partial charge in [0.05, 0.1) is 11.6 Å². The second kappa shape index (κ2) is 4.88. The van der Waals surface area contributed by atoms with Crippen LogP contribution in [0.2, 0.25) is 0 Å². The fourth-order valence-electron chi connectivity index (χ4n) is 2.07. The van der Waals surface area contributed by atoms with Crippen LogP contribution in [0.15, 0.2) is 6.33 Å². The number of hydrogen-bond acceptors (Lipinski definition) is 4. The van der Waals surface area contributed by atoms with E-state index in [1.165, 1.54) is 6.33 Å². The van der Waals surface area contributed by atoms with Gasteiger partial charge in [-0.2, -0.15) is 0 Å². The summed E-state index contributed by atoms with van der Waals surface area (Å²) in [5.74, 6) is -1.26. The van der Waals surface area contributed by atoms with Crippen molar-refractivity contribution in [3.8, 4) is 0 Å². The molecule has 1 aliphatic heterocycles. The van der Waals surface area contributed by atoms with E-state index in [0.717, 1.165) is 0 Å². The Kier molecular flexibility index (Phi) is 3.45. The Morgan fingerprint density at radius 1 is 1.61 bits per heavy atom. The van der Waals surface area contributed by atoms with Crippen LogP contribution < -0.4 is 4.90 Å². The van der Waals surface area contributed by atoms with Crippen molar-refractivity contribution < 1.29 is 14.3 Å². The van der Waals surface area contributed by atoms with E-state index >= 15 is 0 Å². The van der Waals surface area contributed by atoms with Gasteiger partial charge in [0.1, 0.15) is 6.33 Å². The highest BCUT2D eigenvalue weighted by Gasteiger charge is 2.36. The number of carboxylic acids is 1. The molecule has 1 aromatic heterocycles. The Labute approximate surface area is 105 Å². The van der Waals surface area contributed by atoms with Gasteiger partial charge in [-0.05, 0) is 6.42 Å².